The molecule has 84 valence electrons. The van der Waals surface area contributed by atoms with E-state index in [1.54, 1.807) is 0 Å². The lowest BCUT2D eigenvalue weighted by Gasteiger charge is -2.23. The van der Waals surface area contributed by atoms with E-state index in [2.05, 4.69) is 12.2 Å². The molecule has 1 aliphatic heterocycles. The van der Waals surface area contributed by atoms with Crippen molar-refractivity contribution in [2.75, 3.05) is 18.1 Å². The number of hydrogen-bond acceptors (Lipinski definition) is 3. The highest BCUT2D eigenvalue weighted by Crippen LogP contribution is 2.09. The van der Waals surface area contributed by atoms with Gasteiger partial charge >= 0.3 is 0 Å². The topological polar surface area (TPSA) is 49.3 Å². The van der Waals surface area contributed by atoms with E-state index in [0.29, 0.717) is 12.6 Å². The summed E-state index contributed by atoms with van der Waals surface area (Å²) in [6.07, 6.45) is 3.66. The molecule has 3 nitrogen and oxygen atoms in total. The van der Waals surface area contributed by atoms with E-state index >= 15 is 0 Å². The molecule has 0 aromatic carbocycles. The molecule has 4 heteroatoms. The van der Waals surface area contributed by atoms with Crippen LogP contribution >= 0.6 is 0 Å². The summed E-state index contributed by atoms with van der Waals surface area (Å²) in [7, 11) is -0.581. The molecule has 0 aliphatic carbocycles. The lowest BCUT2D eigenvalue weighted by atomic mass is 10.1. The standard InChI is InChI=1S/C10H21NO2S/c1-2-3-10(12)8-11-9-4-6-14(13)7-5-9/h9-12H,2-8H2,1H3. The van der Waals surface area contributed by atoms with Crippen LogP contribution < -0.4 is 5.32 Å². The SMILES string of the molecule is CCCC(O)CNC1CCS(=O)CC1. The van der Waals surface area contributed by atoms with Crippen molar-refractivity contribution < 1.29 is 9.32 Å². The van der Waals surface area contributed by atoms with Gasteiger partial charge in [-0.15, -0.1) is 0 Å². The molecule has 0 spiro atoms. The fraction of sp³-hybridized carbons (Fsp3) is 1.00. The Morgan fingerprint density at radius 1 is 1.50 bits per heavy atom. The molecule has 0 amide bonds. The Labute approximate surface area is 88.7 Å². The minimum atomic E-state index is -0.581. The zero-order chi connectivity index (χ0) is 10.4. The molecule has 0 bridgehead atoms. The van der Waals surface area contributed by atoms with Crippen molar-refractivity contribution in [1.82, 2.24) is 5.32 Å². The zero-order valence-electron chi connectivity index (χ0n) is 8.87. The molecule has 1 heterocycles. The molecule has 1 fully saturated rings. The largest absolute Gasteiger partial charge is 0.392 e. The maximum absolute atomic E-state index is 11.1. The van der Waals surface area contributed by atoms with Gasteiger partial charge in [-0.1, -0.05) is 13.3 Å². The van der Waals surface area contributed by atoms with E-state index in [9.17, 15) is 9.32 Å². The van der Waals surface area contributed by atoms with Crippen LogP contribution in [0.4, 0.5) is 0 Å². The normalized spacial score (nSPS) is 30.1. The lowest BCUT2D eigenvalue weighted by molar-refractivity contribution is 0.155. The summed E-state index contributed by atoms with van der Waals surface area (Å²) in [5.74, 6) is 1.64. The first kappa shape index (κ1) is 12.1. The summed E-state index contributed by atoms with van der Waals surface area (Å²) in [6, 6.07) is 0.471. The second-order valence-electron chi connectivity index (χ2n) is 3.97. The highest BCUT2D eigenvalue weighted by molar-refractivity contribution is 7.85. The van der Waals surface area contributed by atoms with Crippen molar-refractivity contribution in [2.24, 2.45) is 0 Å². The maximum Gasteiger partial charge on any atom is 0.0664 e. The van der Waals surface area contributed by atoms with E-state index in [4.69, 9.17) is 0 Å². The van der Waals surface area contributed by atoms with Gasteiger partial charge in [-0.2, -0.15) is 0 Å². The molecular weight excluding hydrogens is 198 g/mol. The van der Waals surface area contributed by atoms with Crippen LogP contribution in [0, 0.1) is 0 Å². The maximum atomic E-state index is 11.1. The second-order valence-corrected chi connectivity index (χ2v) is 5.67. The predicted octanol–water partition coefficient (Wildman–Crippen LogP) is 0.648. The van der Waals surface area contributed by atoms with Crippen LogP contribution in [0.5, 0.6) is 0 Å². The van der Waals surface area contributed by atoms with E-state index in [1.165, 1.54) is 0 Å². The molecule has 2 N–H and O–H groups in total. The Morgan fingerprint density at radius 2 is 2.14 bits per heavy atom. The minimum absolute atomic E-state index is 0.215. The van der Waals surface area contributed by atoms with Crippen molar-refractivity contribution in [3.8, 4) is 0 Å². The Bertz CT molecular complexity index is 177. The molecule has 1 saturated heterocycles. The summed E-state index contributed by atoms with van der Waals surface area (Å²) in [5, 5.41) is 12.9. The number of hydrogen-bond donors (Lipinski definition) is 2. The molecule has 1 atom stereocenters. The summed E-state index contributed by atoms with van der Waals surface area (Å²) in [4.78, 5) is 0. The smallest absolute Gasteiger partial charge is 0.0664 e. The summed E-state index contributed by atoms with van der Waals surface area (Å²) in [5.41, 5.74) is 0. The van der Waals surface area contributed by atoms with Crippen molar-refractivity contribution in [1.29, 1.82) is 0 Å². The zero-order valence-corrected chi connectivity index (χ0v) is 9.68. The van der Waals surface area contributed by atoms with Crippen molar-refractivity contribution in [2.45, 2.75) is 44.8 Å². The van der Waals surface area contributed by atoms with Crippen LogP contribution in [0.2, 0.25) is 0 Å². The van der Waals surface area contributed by atoms with Gasteiger partial charge < -0.3 is 10.4 Å². The van der Waals surface area contributed by atoms with Crippen LogP contribution in [0.25, 0.3) is 0 Å². The van der Waals surface area contributed by atoms with Gasteiger partial charge in [-0.05, 0) is 19.3 Å². The number of aliphatic hydroxyl groups is 1. The highest BCUT2D eigenvalue weighted by atomic mass is 32.2. The summed E-state index contributed by atoms with van der Waals surface area (Å²) >= 11 is 0. The van der Waals surface area contributed by atoms with Crippen LogP contribution in [0.15, 0.2) is 0 Å². The van der Waals surface area contributed by atoms with Gasteiger partial charge in [-0.3, -0.25) is 4.21 Å². The van der Waals surface area contributed by atoms with E-state index < -0.39 is 10.8 Å². The first-order valence-electron chi connectivity index (χ1n) is 5.48. The van der Waals surface area contributed by atoms with Crippen LogP contribution in [-0.2, 0) is 10.8 Å². The number of rotatable bonds is 5. The molecule has 0 radical (unpaired) electrons. The Morgan fingerprint density at radius 3 is 2.71 bits per heavy atom. The molecule has 1 rings (SSSR count). The van der Waals surface area contributed by atoms with Gasteiger partial charge in [-0.25, -0.2) is 0 Å². The van der Waals surface area contributed by atoms with E-state index in [1.807, 2.05) is 0 Å². The number of nitrogens with one attached hydrogen (secondary N) is 1. The monoisotopic (exact) mass is 219 g/mol. The molecule has 1 unspecified atom stereocenters. The highest BCUT2D eigenvalue weighted by Gasteiger charge is 2.17. The first-order chi connectivity index (χ1) is 6.72. The van der Waals surface area contributed by atoms with Crippen LogP contribution in [0.1, 0.15) is 32.6 Å². The average molecular weight is 219 g/mol. The van der Waals surface area contributed by atoms with Crippen molar-refractivity contribution >= 4 is 10.8 Å². The van der Waals surface area contributed by atoms with Crippen LogP contribution in [0.3, 0.4) is 0 Å². The lowest BCUT2D eigenvalue weighted by Crippen LogP contribution is -2.39. The van der Waals surface area contributed by atoms with E-state index in [-0.39, 0.29) is 6.10 Å². The first-order valence-corrected chi connectivity index (χ1v) is 6.97. The van der Waals surface area contributed by atoms with Crippen molar-refractivity contribution in [3.63, 3.8) is 0 Å². The minimum Gasteiger partial charge on any atom is -0.392 e. The molecule has 0 saturated carbocycles. The number of aliphatic hydroxyl groups excluding tert-OH is 1. The Kier molecular flexibility index (Phi) is 5.67. The van der Waals surface area contributed by atoms with Gasteiger partial charge in [0, 0.05) is 34.9 Å². The summed E-state index contributed by atoms with van der Waals surface area (Å²) < 4.78 is 11.1. The molecule has 1 aliphatic rings. The van der Waals surface area contributed by atoms with Gasteiger partial charge in [0.25, 0.3) is 0 Å². The predicted molar refractivity (Wildman–Crippen MR) is 59.8 cm³/mol. The van der Waals surface area contributed by atoms with Gasteiger partial charge in [0.15, 0.2) is 0 Å². The van der Waals surface area contributed by atoms with Gasteiger partial charge in [0.1, 0.15) is 0 Å². The second kappa shape index (κ2) is 6.53. The third-order valence-corrected chi connectivity index (χ3v) is 4.03. The molecular formula is C10H21NO2S. The fourth-order valence-corrected chi connectivity index (χ4v) is 3.03. The third-order valence-electron chi connectivity index (χ3n) is 2.65. The van der Waals surface area contributed by atoms with Crippen LogP contribution in [-0.4, -0.2) is 39.5 Å². The van der Waals surface area contributed by atoms with Gasteiger partial charge in [0.2, 0.25) is 0 Å². The average Bonchev–Trinajstić information content (AvgIpc) is 2.17. The quantitative estimate of drug-likeness (QED) is 0.714. The van der Waals surface area contributed by atoms with Gasteiger partial charge in [0.05, 0.1) is 6.10 Å². The summed E-state index contributed by atoms with van der Waals surface area (Å²) in [6.45, 7) is 2.76. The fourth-order valence-electron chi connectivity index (χ4n) is 1.74. The Balaban J connectivity index is 2.09. The molecule has 0 aromatic rings. The molecule has 14 heavy (non-hydrogen) atoms. The Hall–Kier alpha value is 0.0700. The molecule has 0 aromatic heterocycles. The van der Waals surface area contributed by atoms with E-state index in [0.717, 1.165) is 37.2 Å². The van der Waals surface area contributed by atoms with Crippen molar-refractivity contribution in [3.05, 3.63) is 0 Å². The third kappa shape index (κ3) is 4.53.